The highest BCUT2D eigenvalue weighted by Crippen LogP contribution is 2.41. The molecule has 0 radical (unpaired) electrons. The van der Waals surface area contributed by atoms with Crippen molar-refractivity contribution in [2.75, 3.05) is 13.2 Å². The first kappa shape index (κ1) is 12.9. The van der Waals surface area contributed by atoms with Crippen LogP contribution >= 0.6 is 0 Å². The van der Waals surface area contributed by atoms with E-state index in [4.69, 9.17) is 4.74 Å². The van der Waals surface area contributed by atoms with Crippen molar-refractivity contribution in [3.05, 3.63) is 35.9 Å². The molecule has 1 N–H and O–H groups in total. The van der Waals surface area contributed by atoms with Crippen molar-refractivity contribution in [1.82, 2.24) is 5.32 Å². The molecule has 0 unspecified atom stereocenters. The Labute approximate surface area is 109 Å². The third kappa shape index (κ3) is 4.06. The molecule has 98 valence electrons. The van der Waals surface area contributed by atoms with Crippen molar-refractivity contribution in [2.45, 2.75) is 26.2 Å². The van der Waals surface area contributed by atoms with Crippen LogP contribution in [0.15, 0.2) is 30.3 Å². The van der Waals surface area contributed by atoms with Crippen LogP contribution in [0.1, 0.15) is 25.3 Å². The number of benzene rings is 1. The van der Waals surface area contributed by atoms with Crippen LogP contribution in [0.25, 0.3) is 0 Å². The lowest BCUT2D eigenvalue weighted by atomic mass is 10.1. The van der Waals surface area contributed by atoms with Crippen LogP contribution in [0, 0.1) is 11.8 Å². The van der Waals surface area contributed by atoms with E-state index in [2.05, 4.69) is 29.6 Å². The zero-order valence-electron chi connectivity index (χ0n) is 10.9. The standard InChI is InChI=1S/C15H21NO2/c1-2-18-15(17)16-11-14-10-13(14)9-8-12-6-4-3-5-7-12/h3-7,13-14H,2,8-11H2,1H3,(H,16,17)/t13-,14+/m1/s1. The second-order valence-electron chi connectivity index (χ2n) is 4.88. The van der Waals surface area contributed by atoms with Gasteiger partial charge >= 0.3 is 6.09 Å². The number of hydrogen-bond donors (Lipinski definition) is 1. The van der Waals surface area contributed by atoms with E-state index in [9.17, 15) is 4.79 Å². The Morgan fingerprint density at radius 3 is 2.83 bits per heavy atom. The lowest BCUT2D eigenvalue weighted by molar-refractivity contribution is 0.151. The number of aryl methyl sites for hydroxylation is 1. The second-order valence-corrected chi connectivity index (χ2v) is 4.88. The van der Waals surface area contributed by atoms with Gasteiger partial charge in [-0.05, 0) is 43.6 Å². The fourth-order valence-electron chi connectivity index (χ4n) is 2.31. The minimum atomic E-state index is -0.286. The second kappa shape index (κ2) is 6.43. The molecule has 0 heterocycles. The molecular formula is C15H21NO2. The number of hydrogen-bond acceptors (Lipinski definition) is 2. The van der Waals surface area contributed by atoms with Gasteiger partial charge in [0.1, 0.15) is 0 Å². The van der Waals surface area contributed by atoms with Crippen LogP contribution in [-0.2, 0) is 11.2 Å². The molecule has 2 rings (SSSR count). The number of nitrogens with one attached hydrogen (secondary N) is 1. The number of carbonyl (C=O) groups is 1. The largest absolute Gasteiger partial charge is 0.450 e. The van der Waals surface area contributed by atoms with Crippen molar-refractivity contribution >= 4 is 6.09 Å². The van der Waals surface area contributed by atoms with Gasteiger partial charge in [-0.25, -0.2) is 4.79 Å². The van der Waals surface area contributed by atoms with Crippen molar-refractivity contribution in [3.63, 3.8) is 0 Å². The Morgan fingerprint density at radius 2 is 2.11 bits per heavy atom. The number of amides is 1. The van der Waals surface area contributed by atoms with E-state index in [0.717, 1.165) is 18.9 Å². The van der Waals surface area contributed by atoms with Crippen LogP contribution in [0.5, 0.6) is 0 Å². The smallest absolute Gasteiger partial charge is 0.407 e. The minimum absolute atomic E-state index is 0.286. The summed E-state index contributed by atoms with van der Waals surface area (Å²) >= 11 is 0. The Balaban J connectivity index is 1.59. The molecule has 0 aromatic heterocycles. The normalized spacial score (nSPS) is 21.4. The van der Waals surface area contributed by atoms with Crippen LogP contribution in [0.2, 0.25) is 0 Å². The number of alkyl carbamates (subject to hydrolysis) is 1. The predicted octanol–water partition coefficient (Wildman–Crippen LogP) is 3.00. The summed E-state index contributed by atoms with van der Waals surface area (Å²) in [4.78, 5) is 11.1. The molecule has 3 nitrogen and oxygen atoms in total. The van der Waals surface area contributed by atoms with Gasteiger partial charge in [0.2, 0.25) is 0 Å². The van der Waals surface area contributed by atoms with Crippen molar-refractivity contribution < 1.29 is 9.53 Å². The first-order chi connectivity index (χ1) is 8.79. The molecule has 0 aliphatic heterocycles. The van der Waals surface area contributed by atoms with E-state index >= 15 is 0 Å². The molecule has 2 atom stereocenters. The summed E-state index contributed by atoms with van der Waals surface area (Å²) in [5, 5.41) is 2.81. The van der Waals surface area contributed by atoms with Crippen molar-refractivity contribution in [2.24, 2.45) is 11.8 Å². The molecule has 1 amide bonds. The van der Waals surface area contributed by atoms with Gasteiger partial charge in [-0.15, -0.1) is 0 Å². The molecule has 1 aliphatic carbocycles. The number of ether oxygens (including phenoxy) is 1. The lowest BCUT2D eigenvalue weighted by Gasteiger charge is -2.04. The fourth-order valence-corrected chi connectivity index (χ4v) is 2.31. The van der Waals surface area contributed by atoms with E-state index in [1.807, 2.05) is 13.0 Å². The molecule has 1 aromatic carbocycles. The molecule has 0 spiro atoms. The molecular weight excluding hydrogens is 226 g/mol. The lowest BCUT2D eigenvalue weighted by Crippen LogP contribution is -2.26. The summed E-state index contributed by atoms with van der Waals surface area (Å²) in [6.45, 7) is 3.02. The van der Waals surface area contributed by atoms with Gasteiger partial charge in [0.25, 0.3) is 0 Å². The van der Waals surface area contributed by atoms with E-state index in [0.29, 0.717) is 12.5 Å². The maximum Gasteiger partial charge on any atom is 0.407 e. The molecule has 0 bridgehead atoms. The highest BCUT2D eigenvalue weighted by Gasteiger charge is 2.36. The Hall–Kier alpha value is -1.51. The SMILES string of the molecule is CCOC(=O)NC[C@@H]1C[C@H]1CCc1ccccc1. The quantitative estimate of drug-likeness (QED) is 0.839. The molecule has 1 aromatic rings. The average Bonchev–Trinajstić information content (AvgIpc) is 3.14. The first-order valence-corrected chi connectivity index (χ1v) is 6.74. The topological polar surface area (TPSA) is 38.3 Å². The average molecular weight is 247 g/mol. The van der Waals surface area contributed by atoms with E-state index in [1.54, 1.807) is 0 Å². The van der Waals surface area contributed by atoms with Crippen LogP contribution in [0.3, 0.4) is 0 Å². The monoisotopic (exact) mass is 247 g/mol. The minimum Gasteiger partial charge on any atom is -0.450 e. The maximum atomic E-state index is 11.1. The molecule has 0 saturated heterocycles. The highest BCUT2D eigenvalue weighted by atomic mass is 16.5. The van der Waals surface area contributed by atoms with Crippen molar-refractivity contribution in [1.29, 1.82) is 0 Å². The Bertz CT molecular complexity index is 377. The summed E-state index contributed by atoms with van der Waals surface area (Å²) in [7, 11) is 0. The number of rotatable bonds is 6. The van der Waals surface area contributed by atoms with Gasteiger partial charge in [0.15, 0.2) is 0 Å². The third-order valence-electron chi connectivity index (χ3n) is 3.50. The third-order valence-corrected chi connectivity index (χ3v) is 3.50. The predicted molar refractivity (Wildman–Crippen MR) is 71.4 cm³/mol. The molecule has 3 heteroatoms. The molecule has 18 heavy (non-hydrogen) atoms. The highest BCUT2D eigenvalue weighted by molar-refractivity contribution is 5.67. The summed E-state index contributed by atoms with van der Waals surface area (Å²) in [5.41, 5.74) is 1.40. The van der Waals surface area contributed by atoms with Crippen molar-refractivity contribution in [3.8, 4) is 0 Å². The van der Waals surface area contributed by atoms with Gasteiger partial charge in [0, 0.05) is 6.54 Å². The Morgan fingerprint density at radius 1 is 1.33 bits per heavy atom. The summed E-state index contributed by atoms with van der Waals surface area (Å²) in [5.74, 6) is 1.42. The zero-order chi connectivity index (χ0) is 12.8. The van der Waals surface area contributed by atoms with E-state index < -0.39 is 0 Å². The van der Waals surface area contributed by atoms with Crippen LogP contribution in [-0.4, -0.2) is 19.2 Å². The first-order valence-electron chi connectivity index (χ1n) is 6.74. The zero-order valence-corrected chi connectivity index (χ0v) is 10.9. The van der Waals surface area contributed by atoms with Crippen LogP contribution < -0.4 is 5.32 Å². The summed E-state index contributed by atoms with van der Waals surface area (Å²) in [6.07, 6.45) is 3.31. The summed E-state index contributed by atoms with van der Waals surface area (Å²) in [6, 6.07) is 10.6. The number of carbonyl (C=O) groups excluding carboxylic acids is 1. The molecule has 1 saturated carbocycles. The summed E-state index contributed by atoms with van der Waals surface area (Å²) < 4.78 is 4.83. The van der Waals surface area contributed by atoms with Gasteiger partial charge in [-0.1, -0.05) is 30.3 Å². The van der Waals surface area contributed by atoms with E-state index in [-0.39, 0.29) is 6.09 Å². The molecule has 1 aliphatic rings. The van der Waals surface area contributed by atoms with Gasteiger partial charge < -0.3 is 10.1 Å². The fraction of sp³-hybridized carbons (Fsp3) is 0.533. The van der Waals surface area contributed by atoms with Gasteiger partial charge in [-0.2, -0.15) is 0 Å². The van der Waals surface area contributed by atoms with Gasteiger partial charge in [0.05, 0.1) is 6.61 Å². The van der Waals surface area contributed by atoms with Gasteiger partial charge in [-0.3, -0.25) is 0 Å². The molecule has 1 fully saturated rings. The van der Waals surface area contributed by atoms with Crippen LogP contribution in [0.4, 0.5) is 4.79 Å². The maximum absolute atomic E-state index is 11.1. The van der Waals surface area contributed by atoms with E-state index in [1.165, 1.54) is 18.4 Å². The Kier molecular flexibility index (Phi) is 4.62.